The summed E-state index contributed by atoms with van der Waals surface area (Å²) in [5, 5.41) is 11.0. The second kappa shape index (κ2) is 6.84. The Labute approximate surface area is 157 Å². The molecule has 0 amide bonds. The van der Waals surface area contributed by atoms with Crippen LogP contribution in [0.15, 0.2) is 30.5 Å². The number of thiophene rings is 1. The number of fused-ring (bicyclic) bond motifs is 3. The van der Waals surface area contributed by atoms with Gasteiger partial charge in [0.05, 0.1) is 5.92 Å². The van der Waals surface area contributed by atoms with Gasteiger partial charge in [0.25, 0.3) is 0 Å². The number of benzene rings is 1. The molecule has 3 nitrogen and oxygen atoms in total. The van der Waals surface area contributed by atoms with Crippen LogP contribution in [0.4, 0.5) is 0 Å². The van der Waals surface area contributed by atoms with Crippen LogP contribution in [-0.2, 0) is 17.6 Å². The first-order valence-electron chi connectivity index (χ1n) is 9.33. The molecule has 0 saturated carbocycles. The van der Waals surface area contributed by atoms with Crippen molar-refractivity contribution in [3.8, 4) is 11.1 Å². The van der Waals surface area contributed by atoms with Crippen LogP contribution in [0.3, 0.4) is 0 Å². The summed E-state index contributed by atoms with van der Waals surface area (Å²) in [6.45, 7) is 4.01. The van der Waals surface area contributed by atoms with E-state index in [9.17, 15) is 9.90 Å². The molecule has 1 aliphatic carbocycles. The van der Waals surface area contributed by atoms with Crippen molar-refractivity contribution in [1.29, 1.82) is 0 Å². The van der Waals surface area contributed by atoms with Crippen molar-refractivity contribution in [2.45, 2.75) is 51.9 Å². The molecule has 1 atom stereocenters. The number of carbonyl (C=O) groups is 1. The van der Waals surface area contributed by atoms with Gasteiger partial charge < -0.3 is 5.11 Å². The van der Waals surface area contributed by atoms with Gasteiger partial charge in [-0.3, -0.25) is 4.79 Å². The molecule has 2 heterocycles. The van der Waals surface area contributed by atoms with Crippen LogP contribution in [0.25, 0.3) is 21.3 Å². The fourth-order valence-electron chi connectivity index (χ4n) is 4.06. The number of carboxylic acids is 1. The molecule has 1 aliphatic rings. The lowest BCUT2D eigenvalue weighted by Gasteiger charge is -2.18. The molecule has 0 saturated heterocycles. The number of hydrogen-bond donors (Lipinski definition) is 1. The van der Waals surface area contributed by atoms with E-state index in [0.29, 0.717) is 6.42 Å². The van der Waals surface area contributed by atoms with Crippen LogP contribution in [-0.4, -0.2) is 16.1 Å². The molecule has 2 aromatic heterocycles. The van der Waals surface area contributed by atoms with Crippen molar-refractivity contribution in [3.05, 3.63) is 52.0 Å². The third-order valence-electron chi connectivity index (χ3n) is 5.43. The summed E-state index contributed by atoms with van der Waals surface area (Å²) in [5.41, 5.74) is 5.65. The van der Waals surface area contributed by atoms with Crippen molar-refractivity contribution in [2.75, 3.05) is 0 Å². The SMILES string of the molecule is CCC(C(=O)O)c1cnc2sc3c(c2c1-c1ccc(C)cc1)CCCC3. The van der Waals surface area contributed by atoms with E-state index in [4.69, 9.17) is 4.98 Å². The van der Waals surface area contributed by atoms with Gasteiger partial charge in [-0.2, -0.15) is 0 Å². The van der Waals surface area contributed by atoms with Crippen LogP contribution in [0.5, 0.6) is 0 Å². The van der Waals surface area contributed by atoms with Crippen LogP contribution < -0.4 is 0 Å². The Bertz CT molecular complexity index is 972. The minimum atomic E-state index is -0.772. The summed E-state index contributed by atoms with van der Waals surface area (Å²) < 4.78 is 0. The number of carboxylic acid groups (broad SMARTS) is 1. The molecule has 0 spiro atoms. The van der Waals surface area contributed by atoms with Crippen LogP contribution in [0, 0.1) is 6.92 Å². The van der Waals surface area contributed by atoms with E-state index in [1.807, 2.05) is 13.1 Å². The molecule has 4 heteroatoms. The Morgan fingerprint density at radius 1 is 1.23 bits per heavy atom. The lowest BCUT2D eigenvalue weighted by molar-refractivity contribution is -0.138. The zero-order valence-electron chi connectivity index (χ0n) is 15.2. The Hall–Kier alpha value is -2.20. The highest BCUT2D eigenvalue weighted by atomic mass is 32.1. The third kappa shape index (κ3) is 2.82. The Morgan fingerprint density at radius 3 is 2.65 bits per heavy atom. The summed E-state index contributed by atoms with van der Waals surface area (Å²) in [5.74, 6) is -1.30. The predicted molar refractivity (Wildman–Crippen MR) is 107 cm³/mol. The molecule has 3 aromatic rings. The first-order valence-corrected chi connectivity index (χ1v) is 10.1. The second-order valence-corrected chi connectivity index (χ2v) is 8.23. The largest absolute Gasteiger partial charge is 0.481 e. The molecule has 0 bridgehead atoms. The van der Waals surface area contributed by atoms with E-state index in [-0.39, 0.29) is 0 Å². The Morgan fingerprint density at radius 2 is 1.96 bits per heavy atom. The highest BCUT2D eigenvalue weighted by Gasteiger charge is 2.27. The van der Waals surface area contributed by atoms with Gasteiger partial charge in [0, 0.05) is 16.5 Å². The minimum Gasteiger partial charge on any atom is -0.481 e. The molecular formula is C22H23NO2S. The molecule has 26 heavy (non-hydrogen) atoms. The highest BCUT2D eigenvalue weighted by Crippen LogP contribution is 2.44. The van der Waals surface area contributed by atoms with Gasteiger partial charge in [0.1, 0.15) is 4.83 Å². The Kier molecular flexibility index (Phi) is 4.53. The molecule has 1 aromatic carbocycles. The fraction of sp³-hybridized carbons (Fsp3) is 0.364. The van der Waals surface area contributed by atoms with Gasteiger partial charge in [-0.25, -0.2) is 4.98 Å². The molecule has 4 rings (SSSR count). The van der Waals surface area contributed by atoms with Crippen molar-refractivity contribution in [1.82, 2.24) is 4.98 Å². The zero-order chi connectivity index (χ0) is 18.3. The number of aryl methyl sites for hydroxylation is 3. The van der Waals surface area contributed by atoms with Crippen molar-refractivity contribution in [2.24, 2.45) is 0 Å². The van der Waals surface area contributed by atoms with E-state index < -0.39 is 11.9 Å². The lowest BCUT2D eigenvalue weighted by Crippen LogP contribution is -2.12. The summed E-state index contributed by atoms with van der Waals surface area (Å²) >= 11 is 1.79. The summed E-state index contributed by atoms with van der Waals surface area (Å²) in [6, 6.07) is 8.45. The summed E-state index contributed by atoms with van der Waals surface area (Å²) in [6.07, 6.45) is 7.00. The molecule has 1 unspecified atom stereocenters. The van der Waals surface area contributed by atoms with E-state index in [0.717, 1.165) is 34.4 Å². The first kappa shape index (κ1) is 17.2. The van der Waals surface area contributed by atoms with Crippen molar-refractivity contribution < 1.29 is 9.90 Å². The molecule has 0 aliphatic heterocycles. The van der Waals surface area contributed by atoms with Crippen molar-refractivity contribution >= 4 is 27.5 Å². The van der Waals surface area contributed by atoms with Gasteiger partial charge >= 0.3 is 5.97 Å². The monoisotopic (exact) mass is 365 g/mol. The maximum Gasteiger partial charge on any atom is 0.311 e. The highest BCUT2D eigenvalue weighted by molar-refractivity contribution is 7.19. The average Bonchev–Trinajstić information content (AvgIpc) is 3.01. The number of rotatable bonds is 4. The molecular weight excluding hydrogens is 342 g/mol. The van der Waals surface area contributed by atoms with Gasteiger partial charge in [-0.1, -0.05) is 36.8 Å². The number of aromatic nitrogens is 1. The third-order valence-corrected chi connectivity index (χ3v) is 6.63. The van der Waals surface area contributed by atoms with Gasteiger partial charge in [-0.15, -0.1) is 11.3 Å². The van der Waals surface area contributed by atoms with E-state index in [2.05, 4.69) is 31.2 Å². The second-order valence-electron chi connectivity index (χ2n) is 7.14. The summed E-state index contributed by atoms with van der Waals surface area (Å²) in [7, 11) is 0. The maximum absolute atomic E-state index is 11.9. The zero-order valence-corrected chi connectivity index (χ0v) is 16.0. The van der Waals surface area contributed by atoms with Gasteiger partial charge in [-0.05, 0) is 61.3 Å². The smallest absolute Gasteiger partial charge is 0.311 e. The number of nitrogens with zero attached hydrogens (tertiary/aromatic N) is 1. The van der Waals surface area contributed by atoms with E-state index in [1.165, 1.54) is 34.2 Å². The predicted octanol–water partition coefficient (Wildman–Crippen LogP) is 5.73. The molecule has 134 valence electrons. The maximum atomic E-state index is 11.9. The van der Waals surface area contributed by atoms with Crippen LogP contribution in [0.1, 0.15) is 53.7 Å². The lowest BCUT2D eigenvalue weighted by atomic mass is 9.86. The fourth-order valence-corrected chi connectivity index (χ4v) is 5.30. The quantitative estimate of drug-likeness (QED) is 0.642. The molecule has 0 fully saturated rings. The normalized spacial score (nSPS) is 15.0. The van der Waals surface area contributed by atoms with Crippen LogP contribution in [0.2, 0.25) is 0 Å². The average molecular weight is 365 g/mol. The minimum absolute atomic E-state index is 0.526. The molecule has 1 N–H and O–H groups in total. The van der Waals surface area contributed by atoms with E-state index in [1.54, 1.807) is 11.3 Å². The van der Waals surface area contributed by atoms with Crippen LogP contribution >= 0.6 is 11.3 Å². The molecule has 0 radical (unpaired) electrons. The topological polar surface area (TPSA) is 50.2 Å². The van der Waals surface area contributed by atoms with Gasteiger partial charge in [0.2, 0.25) is 0 Å². The Balaban J connectivity index is 2.06. The first-order chi connectivity index (χ1) is 12.6. The van der Waals surface area contributed by atoms with Gasteiger partial charge in [0.15, 0.2) is 0 Å². The standard InChI is InChI=1S/C22H23NO2S/c1-3-15(22(24)25)17-12-23-21-20(16-6-4-5-7-18(16)26-21)19(17)14-10-8-13(2)9-11-14/h8-12,15H,3-7H2,1-2H3,(H,24,25). The van der Waals surface area contributed by atoms with Crippen molar-refractivity contribution in [3.63, 3.8) is 0 Å². The number of aliphatic carboxylic acids is 1. The van der Waals surface area contributed by atoms with E-state index >= 15 is 0 Å². The number of hydrogen-bond acceptors (Lipinski definition) is 3. The number of pyridine rings is 1. The summed E-state index contributed by atoms with van der Waals surface area (Å²) in [4.78, 5) is 19.1.